The van der Waals surface area contributed by atoms with Gasteiger partial charge in [-0.1, -0.05) is 18.2 Å². The van der Waals surface area contributed by atoms with Gasteiger partial charge in [-0.05, 0) is 48.2 Å². The van der Waals surface area contributed by atoms with E-state index in [0.717, 1.165) is 30.3 Å². The Morgan fingerprint density at radius 2 is 2.08 bits per heavy atom. The number of pyridine rings is 1. The quantitative estimate of drug-likeness (QED) is 0.720. The maximum atomic E-state index is 13.0. The zero-order chi connectivity index (χ0) is 17.4. The van der Waals surface area contributed by atoms with Gasteiger partial charge in [0.1, 0.15) is 5.82 Å². The van der Waals surface area contributed by atoms with Gasteiger partial charge in [-0.3, -0.25) is 4.79 Å². The van der Waals surface area contributed by atoms with Crippen molar-refractivity contribution in [3.05, 3.63) is 77.4 Å². The van der Waals surface area contributed by atoms with E-state index in [2.05, 4.69) is 22.7 Å². The number of nitrogens with zero attached hydrogens (tertiary/aromatic N) is 2. The molecule has 4 heteroatoms. The van der Waals surface area contributed by atoms with E-state index in [-0.39, 0.29) is 17.8 Å². The Hall–Kier alpha value is -2.62. The minimum Gasteiger partial charge on any atom is -0.342 e. The highest BCUT2D eigenvalue weighted by Gasteiger charge is 2.27. The zero-order valence-corrected chi connectivity index (χ0v) is 14.2. The Kier molecular flexibility index (Phi) is 4.04. The molecular formula is C21H20FN2O. The number of amides is 1. The van der Waals surface area contributed by atoms with Crippen molar-refractivity contribution < 1.29 is 9.18 Å². The van der Waals surface area contributed by atoms with Gasteiger partial charge in [-0.2, -0.15) is 0 Å². The Balaban J connectivity index is 1.50. The number of likely N-dealkylation sites (N-methyl/N-ethyl adjacent to an activating group) is 1. The number of rotatable bonds is 3. The summed E-state index contributed by atoms with van der Waals surface area (Å²) in [4.78, 5) is 14.5. The molecule has 0 N–H and O–H groups in total. The second kappa shape index (κ2) is 6.36. The number of aromatic nitrogens is 1. The Labute approximate surface area is 146 Å². The van der Waals surface area contributed by atoms with Crippen LogP contribution in [0.1, 0.15) is 23.2 Å². The van der Waals surface area contributed by atoms with Crippen molar-refractivity contribution in [1.82, 2.24) is 9.30 Å². The van der Waals surface area contributed by atoms with E-state index < -0.39 is 0 Å². The lowest BCUT2D eigenvalue weighted by atomic mass is 9.92. The lowest BCUT2D eigenvalue weighted by Crippen LogP contribution is -2.41. The van der Waals surface area contributed by atoms with Crippen LogP contribution in [0.4, 0.5) is 4.39 Å². The molecule has 2 heterocycles. The van der Waals surface area contributed by atoms with Gasteiger partial charge >= 0.3 is 0 Å². The molecule has 2 aromatic heterocycles. The summed E-state index contributed by atoms with van der Waals surface area (Å²) in [5, 5.41) is 0. The third-order valence-corrected chi connectivity index (χ3v) is 5.14. The molecule has 25 heavy (non-hydrogen) atoms. The van der Waals surface area contributed by atoms with Crippen LogP contribution >= 0.6 is 0 Å². The van der Waals surface area contributed by atoms with E-state index in [1.165, 1.54) is 23.4 Å². The van der Waals surface area contributed by atoms with Gasteiger partial charge in [-0.15, -0.1) is 0 Å². The van der Waals surface area contributed by atoms with Crippen molar-refractivity contribution in [1.29, 1.82) is 0 Å². The van der Waals surface area contributed by atoms with Gasteiger partial charge < -0.3 is 9.30 Å². The molecule has 0 saturated carbocycles. The number of hydrogen-bond acceptors (Lipinski definition) is 1. The lowest BCUT2D eigenvalue weighted by Gasteiger charge is -2.31. The van der Waals surface area contributed by atoms with Gasteiger partial charge in [0.2, 0.25) is 5.91 Å². The summed E-state index contributed by atoms with van der Waals surface area (Å²) in [5.41, 5.74) is 4.46. The van der Waals surface area contributed by atoms with Crippen LogP contribution in [0.5, 0.6) is 0 Å². The van der Waals surface area contributed by atoms with Gasteiger partial charge in [0.15, 0.2) is 0 Å². The van der Waals surface area contributed by atoms with E-state index in [9.17, 15) is 9.18 Å². The number of carbonyl (C=O) groups excluding carboxylic acids is 1. The molecule has 0 bridgehead atoms. The number of carbonyl (C=O) groups is 1. The third kappa shape index (κ3) is 3.04. The first-order valence-electron chi connectivity index (χ1n) is 8.62. The fraction of sp³-hybridized carbons (Fsp3) is 0.286. The van der Waals surface area contributed by atoms with Crippen molar-refractivity contribution >= 4 is 11.4 Å². The van der Waals surface area contributed by atoms with Crippen LogP contribution in [-0.4, -0.2) is 28.3 Å². The van der Waals surface area contributed by atoms with Crippen LogP contribution in [0.15, 0.2) is 48.7 Å². The minimum absolute atomic E-state index is 0.0740. The number of hydrogen-bond donors (Lipinski definition) is 0. The summed E-state index contributed by atoms with van der Waals surface area (Å²) in [6.07, 6.45) is 5.10. The fourth-order valence-corrected chi connectivity index (χ4v) is 3.65. The fourth-order valence-electron chi connectivity index (χ4n) is 3.65. The van der Waals surface area contributed by atoms with Crippen molar-refractivity contribution in [3.8, 4) is 0 Å². The van der Waals surface area contributed by atoms with E-state index in [4.69, 9.17) is 0 Å². The molecule has 0 fully saturated rings. The number of halogens is 1. The first-order valence-corrected chi connectivity index (χ1v) is 8.62. The molecule has 1 amide bonds. The van der Waals surface area contributed by atoms with Crippen LogP contribution < -0.4 is 0 Å². The standard InChI is InChI=1S/C21H20FN2O/c1-23(21(25)12-15-5-8-17(22)9-6-15)18-10-7-16-13-19-4-2-3-11-24(19)20(16)14-18/h2-6,8-9,11,18H,7,10,12,14H2,1H3/t18-/m1/s1. The maximum Gasteiger partial charge on any atom is 0.226 e. The molecule has 1 aliphatic carbocycles. The molecule has 0 spiro atoms. The lowest BCUT2D eigenvalue weighted by molar-refractivity contribution is -0.131. The molecule has 1 aromatic carbocycles. The highest BCUT2D eigenvalue weighted by Crippen LogP contribution is 2.27. The summed E-state index contributed by atoms with van der Waals surface area (Å²) >= 11 is 0. The van der Waals surface area contributed by atoms with Crippen molar-refractivity contribution in [2.24, 2.45) is 0 Å². The first kappa shape index (κ1) is 15.9. The predicted octanol–water partition coefficient (Wildman–Crippen LogP) is 3.44. The number of aryl methyl sites for hydroxylation is 1. The molecular weight excluding hydrogens is 315 g/mol. The van der Waals surface area contributed by atoms with Crippen molar-refractivity contribution in [2.75, 3.05) is 7.05 Å². The largest absolute Gasteiger partial charge is 0.342 e. The van der Waals surface area contributed by atoms with E-state index in [1.54, 1.807) is 12.1 Å². The van der Waals surface area contributed by atoms with Gasteiger partial charge in [0, 0.05) is 37.5 Å². The molecule has 0 aliphatic heterocycles. The van der Waals surface area contributed by atoms with Crippen LogP contribution in [0.2, 0.25) is 0 Å². The second-order valence-corrected chi connectivity index (χ2v) is 6.71. The Bertz CT molecular complexity index is 913. The highest BCUT2D eigenvalue weighted by molar-refractivity contribution is 5.79. The molecule has 4 rings (SSSR count). The highest BCUT2D eigenvalue weighted by atomic mass is 19.1. The summed E-state index contributed by atoms with van der Waals surface area (Å²) in [7, 11) is 1.88. The van der Waals surface area contributed by atoms with Crippen molar-refractivity contribution in [2.45, 2.75) is 31.7 Å². The molecule has 1 aliphatic rings. The normalized spacial score (nSPS) is 16.6. The molecule has 0 unspecified atom stereocenters. The molecule has 1 radical (unpaired) electrons. The van der Waals surface area contributed by atoms with E-state index >= 15 is 0 Å². The average molecular weight is 335 g/mol. The summed E-state index contributed by atoms with van der Waals surface area (Å²) < 4.78 is 15.2. The molecule has 0 saturated heterocycles. The zero-order valence-electron chi connectivity index (χ0n) is 14.2. The second-order valence-electron chi connectivity index (χ2n) is 6.71. The van der Waals surface area contributed by atoms with E-state index in [1.807, 2.05) is 24.1 Å². The van der Waals surface area contributed by atoms with Crippen LogP contribution in [0.3, 0.4) is 0 Å². The number of benzene rings is 1. The van der Waals surface area contributed by atoms with Gasteiger partial charge in [0.05, 0.1) is 11.9 Å². The predicted molar refractivity (Wildman–Crippen MR) is 94.9 cm³/mol. The average Bonchev–Trinajstić information content (AvgIpc) is 3.01. The van der Waals surface area contributed by atoms with Gasteiger partial charge in [0.25, 0.3) is 0 Å². The SMILES string of the molecule is CN(C(=O)Cc1ccc(F)cc1)[C@@H]1CCc2[c]c3ccccn3c2C1. The smallest absolute Gasteiger partial charge is 0.226 e. The van der Waals surface area contributed by atoms with Gasteiger partial charge in [-0.25, -0.2) is 4.39 Å². The summed E-state index contributed by atoms with van der Waals surface area (Å²) in [5.74, 6) is -0.203. The maximum absolute atomic E-state index is 13.0. The molecule has 3 aromatic rings. The molecule has 3 nitrogen and oxygen atoms in total. The minimum atomic E-state index is -0.277. The first-order chi connectivity index (χ1) is 12.1. The summed E-state index contributed by atoms with van der Waals surface area (Å²) in [6, 6.07) is 15.9. The Morgan fingerprint density at radius 3 is 2.88 bits per heavy atom. The topological polar surface area (TPSA) is 24.7 Å². The third-order valence-electron chi connectivity index (χ3n) is 5.14. The molecule has 1 atom stereocenters. The van der Waals surface area contributed by atoms with E-state index in [0.29, 0.717) is 6.42 Å². The van der Waals surface area contributed by atoms with Crippen molar-refractivity contribution in [3.63, 3.8) is 0 Å². The van der Waals surface area contributed by atoms with Crippen LogP contribution in [0.25, 0.3) is 5.52 Å². The van der Waals surface area contributed by atoms with Crippen LogP contribution in [0, 0.1) is 11.9 Å². The Morgan fingerprint density at radius 1 is 1.28 bits per heavy atom. The number of fused-ring (bicyclic) bond motifs is 3. The monoisotopic (exact) mass is 335 g/mol. The molecule has 127 valence electrons. The summed E-state index contributed by atoms with van der Waals surface area (Å²) in [6.45, 7) is 0. The van der Waals surface area contributed by atoms with Crippen LogP contribution in [-0.2, 0) is 24.1 Å².